The van der Waals surface area contributed by atoms with Crippen LogP contribution in [0.2, 0.25) is 0 Å². The SMILES string of the molecule is CC(C)(C)c1ccc(-c2oc3ccccc3c(=O)c2OCC(=O)NCc2ccccc2)cc1. The maximum absolute atomic E-state index is 13.2. The molecule has 1 heterocycles. The Kier molecular flexibility index (Phi) is 6.31. The first-order valence-corrected chi connectivity index (χ1v) is 10.9. The molecule has 1 aromatic heterocycles. The topological polar surface area (TPSA) is 68.5 Å². The van der Waals surface area contributed by atoms with Crippen LogP contribution in [-0.2, 0) is 16.8 Å². The summed E-state index contributed by atoms with van der Waals surface area (Å²) in [6.07, 6.45) is 0. The van der Waals surface area contributed by atoms with Gasteiger partial charge in [-0.2, -0.15) is 0 Å². The van der Waals surface area contributed by atoms with E-state index in [1.54, 1.807) is 18.2 Å². The summed E-state index contributed by atoms with van der Waals surface area (Å²) in [4.78, 5) is 25.6. The van der Waals surface area contributed by atoms with Crippen molar-refractivity contribution >= 4 is 16.9 Å². The Balaban J connectivity index is 1.63. The maximum atomic E-state index is 13.2. The van der Waals surface area contributed by atoms with Gasteiger partial charge in [0, 0.05) is 12.1 Å². The van der Waals surface area contributed by atoms with Gasteiger partial charge in [0.2, 0.25) is 11.2 Å². The first-order valence-electron chi connectivity index (χ1n) is 10.9. The van der Waals surface area contributed by atoms with Crippen LogP contribution in [0.5, 0.6) is 5.75 Å². The van der Waals surface area contributed by atoms with Crippen molar-refractivity contribution in [3.05, 3.63) is 100 Å². The van der Waals surface area contributed by atoms with Crippen molar-refractivity contribution in [2.45, 2.75) is 32.7 Å². The number of hydrogen-bond donors (Lipinski definition) is 1. The highest BCUT2D eigenvalue weighted by Gasteiger charge is 2.20. The summed E-state index contributed by atoms with van der Waals surface area (Å²) < 4.78 is 11.9. The van der Waals surface area contributed by atoms with E-state index < -0.39 is 0 Å². The van der Waals surface area contributed by atoms with E-state index in [0.29, 0.717) is 28.8 Å². The average Bonchev–Trinajstić information content (AvgIpc) is 2.82. The van der Waals surface area contributed by atoms with Crippen LogP contribution in [0, 0.1) is 0 Å². The van der Waals surface area contributed by atoms with Gasteiger partial charge in [0.15, 0.2) is 12.4 Å². The van der Waals surface area contributed by atoms with Gasteiger partial charge in [0.05, 0.1) is 5.39 Å². The van der Waals surface area contributed by atoms with Crippen molar-refractivity contribution < 1.29 is 13.9 Å². The Labute approximate surface area is 193 Å². The third-order valence-corrected chi connectivity index (χ3v) is 5.45. The van der Waals surface area contributed by atoms with E-state index in [1.807, 2.05) is 60.7 Å². The van der Waals surface area contributed by atoms with Gasteiger partial charge in [-0.15, -0.1) is 0 Å². The van der Waals surface area contributed by atoms with E-state index in [1.165, 1.54) is 0 Å². The number of nitrogens with one attached hydrogen (secondary N) is 1. The van der Waals surface area contributed by atoms with Crippen LogP contribution >= 0.6 is 0 Å². The molecule has 0 saturated carbocycles. The molecule has 5 heteroatoms. The molecule has 3 aromatic carbocycles. The molecular formula is C28H27NO4. The Hall–Kier alpha value is -3.86. The van der Waals surface area contributed by atoms with Crippen LogP contribution in [0.4, 0.5) is 0 Å². The molecule has 0 fully saturated rings. The number of fused-ring (bicyclic) bond motifs is 1. The Morgan fingerprint density at radius 3 is 2.27 bits per heavy atom. The summed E-state index contributed by atoms with van der Waals surface area (Å²) in [5, 5.41) is 3.22. The van der Waals surface area contributed by atoms with E-state index in [-0.39, 0.29) is 29.1 Å². The number of carbonyl (C=O) groups is 1. The van der Waals surface area contributed by atoms with Gasteiger partial charge in [-0.05, 0) is 28.7 Å². The third-order valence-electron chi connectivity index (χ3n) is 5.45. The smallest absolute Gasteiger partial charge is 0.258 e. The van der Waals surface area contributed by atoms with Crippen molar-refractivity contribution in [1.29, 1.82) is 0 Å². The number of rotatable bonds is 6. The molecule has 5 nitrogen and oxygen atoms in total. The number of benzene rings is 3. The highest BCUT2D eigenvalue weighted by atomic mass is 16.5. The maximum Gasteiger partial charge on any atom is 0.258 e. The van der Waals surface area contributed by atoms with Gasteiger partial charge in [0.25, 0.3) is 5.91 Å². The second kappa shape index (κ2) is 9.33. The summed E-state index contributed by atoms with van der Waals surface area (Å²) in [6.45, 7) is 6.52. The summed E-state index contributed by atoms with van der Waals surface area (Å²) in [5.74, 6) is 0.0301. The van der Waals surface area contributed by atoms with Crippen LogP contribution in [0.1, 0.15) is 31.9 Å². The fourth-order valence-electron chi connectivity index (χ4n) is 3.55. The summed E-state index contributed by atoms with van der Waals surface area (Å²) in [5.41, 5.74) is 3.03. The number of para-hydroxylation sites is 1. The van der Waals surface area contributed by atoms with E-state index in [2.05, 4.69) is 26.1 Å². The van der Waals surface area contributed by atoms with Crippen molar-refractivity contribution in [2.75, 3.05) is 6.61 Å². The number of hydrogen-bond acceptors (Lipinski definition) is 4. The molecule has 1 amide bonds. The molecule has 0 radical (unpaired) electrons. The largest absolute Gasteiger partial charge is 0.476 e. The number of ether oxygens (including phenoxy) is 1. The molecule has 0 aliphatic carbocycles. The molecule has 0 saturated heterocycles. The zero-order valence-corrected chi connectivity index (χ0v) is 19.1. The number of carbonyl (C=O) groups excluding carboxylic acids is 1. The molecule has 0 atom stereocenters. The molecule has 1 N–H and O–H groups in total. The first kappa shape index (κ1) is 22.3. The van der Waals surface area contributed by atoms with E-state index in [9.17, 15) is 9.59 Å². The van der Waals surface area contributed by atoms with Crippen LogP contribution in [0.25, 0.3) is 22.3 Å². The molecule has 0 unspecified atom stereocenters. The lowest BCUT2D eigenvalue weighted by atomic mass is 9.86. The summed E-state index contributed by atoms with van der Waals surface area (Å²) >= 11 is 0. The quantitative estimate of drug-likeness (QED) is 0.432. The van der Waals surface area contributed by atoms with E-state index in [0.717, 1.165) is 11.1 Å². The zero-order chi connectivity index (χ0) is 23.4. The average molecular weight is 442 g/mol. The molecule has 0 spiro atoms. The second-order valence-corrected chi connectivity index (χ2v) is 8.96. The highest BCUT2D eigenvalue weighted by Crippen LogP contribution is 2.32. The first-order chi connectivity index (χ1) is 15.8. The predicted octanol–water partition coefficient (Wildman–Crippen LogP) is 5.45. The van der Waals surface area contributed by atoms with Gasteiger partial charge in [-0.25, -0.2) is 0 Å². The van der Waals surface area contributed by atoms with Gasteiger partial charge in [0.1, 0.15) is 5.58 Å². The Morgan fingerprint density at radius 2 is 1.58 bits per heavy atom. The summed E-state index contributed by atoms with van der Waals surface area (Å²) in [6, 6.07) is 24.5. The van der Waals surface area contributed by atoms with E-state index in [4.69, 9.17) is 9.15 Å². The van der Waals surface area contributed by atoms with Crippen molar-refractivity contribution in [2.24, 2.45) is 0 Å². The fourth-order valence-corrected chi connectivity index (χ4v) is 3.55. The molecule has 0 aliphatic heterocycles. The normalized spacial score (nSPS) is 11.4. The molecular weight excluding hydrogens is 414 g/mol. The zero-order valence-electron chi connectivity index (χ0n) is 19.1. The van der Waals surface area contributed by atoms with Crippen LogP contribution in [0.15, 0.2) is 88.1 Å². The van der Waals surface area contributed by atoms with E-state index >= 15 is 0 Å². The minimum atomic E-state index is -0.319. The van der Waals surface area contributed by atoms with Crippen LogP contribution in [0.3, 0.4) is 0 Å². The lowest BCUT2D eigenvalue weighted by Crippen LogP contribution is -2.29. The lowest BCUT2D eigenvalue weighted by Gasteiger charge is -2.19. The van der Waals surface area contributed by atoms with Crippen molar-refractivity contribution in [1.82, 2.24) is 5.32 Å². The Bertz CT molecular complexity index is 1320. The van der Waals surface area contributed by atoms with Crippen molar-refractivity contribution in [3.63, 3.8) is 0 Å². The molecule has 4 rings (SSSR count). The standard InChI is InChI=1S/C28H27NO4/c1-28(2,3)21-15-13-20(14-16-21)26-27(25(31)22-11-7-8-12-23(22)33-26)32-18-24(30)29-17-19-9-5-4-6-10-19/h4-16H,17-18H2,1-3H3,(H,29,30). The lowest BCUT2D eigenvalue weighted by molar-refractivity contribution is -0.123. The van der Waals surface area contributed by atoms with Crippen LogP contribution in [-0.4, -0.2) is 12.5 Å². The molecule has 4 aromatic rings. The summed E-state index contributed by atoms with van der Waals surface area (Å²) in [7, 11) is 0. The monoisotopic (exact) mass is 441 g/mol. The number of amides is 1. The molecule has 0 bridgehead atoms. The predicted molar refractivity (Wildman–Crippen MR) is 130 cm³/mol. The van der Waals surface area contributed by atoms with Gasteiger partial charge in [-0.1, -0.05) is 87.5 Å². The van der Waals surface area contributed by atoms with Crippen molar-refractivity contribution in [3.8, 4) is 17.1 Å². The molecule has 0 aliphatic rings. The van der Waals surface area contributed by atoms with Crippen LogP contribution < -0.4 is 15.5 Å². The second-order valence-electron chi connectivity index (χ2n) is 8.96. The minimum Gasteiger partial charge on any atom is -0.476 e. The highest BCUT2D eigenvalue weighted by molar-refractivity contribution is 5.83. The van der Waals surface area contributed by atoms with Gasteiger partial charge < -0.3 is 14.5 Å². The van der Waals surface area contributed by atoms with Gasteiger partial charge >= 0.3 is 0 Å². The molecule has 168 valence electrons. The minimum absolute atomic E-state index is 0.00107. The third kappa shape index (κ3) is 5.14. The van der Waals surface area contributed by atoms with Gasteiger partial charge in [-0.3, -0.25) is 9.59 Å². The molecule has 33 heavy (non-hydrogen) atoms. The Morgan fingerprint density at radius 1 is 0.909 bits per heavy atom. The fraction of sp³-hybridized carbons (Fsp3) is 0.214.